The summed E-state index contributed by atoms with van der Waals surface area (Å²) in [6, 6.07) is 1.99. The Labute approximate surface area is 116 Å². The highest BCUT2D eigenvalue weighted by Crippen LogP contribution is 2.21. The van der Waals surface area contributed by atoms with Gasteiger partial charge in [-0.15, -0.1) is 11.3 Å². The van der Waals surface area contributed by atoms with Crippen LogP contribution in [0.15, 0.2) is 6.07 Å². The van der Waals surface area contributed by atoms with Crippen molar-refractivity contribution in [1.29, 1.82) is 0 Å². The van der Waals surface area contributed by atoms with Gasteiger partial charge in [0.05, 0.1) is 9.75 Å². The summed E-state index contributed by atoms with van der Waals surface area (Å²) in [6.45, 7) is 3.74. The number of hydrogen-bond acceptors (Lipinski definition) is 4. The third kappa shape index (κ3) is 4.37. The predicted octanol–water partition coefficient (Wildman–Crippen LogP) is 1.88. The zero-order chi connectivity index (χ0) is 13.5. The highest BCUT2D eigenvalue weighted by atomic mass is 32.2. The minimum absolute atomic E-state index is 0.0540. The van der Waals surface area contributed by atoms with Gasteiger partial charge in [-0.3, -0.25) is 4.79 Å². The van der Waals surface area contributed by atoms with Crippen LogP contribution in [0.5, 0.6) is 0 Å². The summed E-state index contributed by atoms with van der Waals surface area (Å²) in [4.78, 5) is 13.5. The van der Waals surface area contributed by atoms with Crippen LogP contribution < -0.4 is 5.32 Å². The number of aliphatic hydroxyl groups excluding tert-OH is 1. The van der Waals surface area contributed by atoms with E-state index in [1.807, 2.05) is 26.2 Å². The number of rotatable bonds is 4. The highest BCUT2D eigenvalue weighted by molar-refractivity contribution is 7.98. The number of thioether (sulfide) groups is 1. The van der Waals surface area contributed by atoms with Gasteiger partial charge in [0.15, 0.2) is 0 Å². The first-order valence-corrected chi connectivity index (χ1v) is 7.79. The Balaban J connectivity index is 2.75. The lowest BCUT2D eigenvalue weighted by Crippen LogP contribution is -2.33. The summed E-state index contributed by atoms with van der Waals surface area (Å²) in [5, 5.41) is 11.6. The van der Waals surface area contributed by atoms with E-state index in [0.29, 0.717) is 4.88 Å². The standard InChI is InChI=1S/C13H17NO2S2/c1-9-7-12(18-11(9)5-4-6-15)13(16)14-10(2)8-17-3/h7,10,15H,6,8H2,1-3H3,(H,14,16). The van der Waals surface area contributed by atoms with Gasteiger partial charge in [0, 0.05) is 11.8 Å². The second-order valence-corrected chi connectivity index (χ2v) is 5.88. The van der Waals surface area contributed by atoms with Crippen LogP contribution in [0.3, 0.4) is 0 Å². The van der Waals surface area contributed by atoms with Crippen molar-refractivity contribution in [3.8, 4) is 11.8 Å². The smallest absolute Gasteiger partial charge is 0.261 e. The fraction of sp³-hybridized carbons (Fsp3) is 0.462. The minimum atomic E-state index is -0.163. The summed E-state index contributed by atoms with van der Waals surface area (Å²) in [5.74, 6) is 6.29. The van der Waals surface area contributed by atoms with Crippen LogP contribution in [0.4, 0.5) is 0 Å². The third-order valence-electron chi connectivity index (χ3n) is 2.22. The maximum absolute atomic E-state index is 12.0. The first-order chi connectivity index (χ1) is 8.58. The van der Waals surface area contributed by atoms with Crippen molar-refractivity contribution in [2.75, 3.05) is 18.6 Å². The molecule has 0 saturated heterocycles. The topological polar surface area (TPSA) is 49.3 Å². The summed E-state index contributed by atoms with van der Waals surface area (Å²) < 4.78 is 0. The normalized spacial score (nSPS) is 11.6. The molecule has 1 aromatic rings. The van der Waals surface area contributed by atoms with Gasteiger partial charge in [-0.25, -0.2) is 0 Å². The number of amides is 1. The Kier molecular flexibility index (Phi) is 6.27. The van der Waals surface area contributed by atoms with Gasteiger partial charge in [0.25, 0.3) is 5.91 Å². The first kappa shape index (κ1) is 15.1. The molecule has 0 bridgehead atoms. The number of thiophene rings is 1. The number of aryl methyl sites for hydroxylation is 1. The Hall–Kier alpha value is -0.960. The zero-order valence-electron chi connectivity index (χ0n) is 10.7. The number of aliphatic hydroxyl groups is 1. The maximum atomic E-state index is 12.0. The van der Waals surface area contributed by atoms with Crippen LogP contribution in [-0.4, -0.2) is 35.7 Å². The van der Waals surface area contributed by atoms with Crippen LogP contribution >= 0.6 is 23.1 Å². The second-order valence-electron chi connectivity index (χ2n) is 3.91. The number of carbonyl (C=O) groups is 1. The second kappa shape index (κ2) is 7.47. The average molecular weight is 283 g/mol. The van der Waals surface area contributed by atoms with Crippen LogP contribution in [0.25, 0.3) is 0 Å². The molecule has 1 aromatic heterocycles. The van der Waals surface area contributed by atoms with Crippen molar-refractivity contribution in [3.63, 3.8) is 0 Å². The molecule has 1 amide bonds. The number of hydrogen-bond donors (Lipinski definition) is 2. The molecule has 0 radical (unpaired) electrons. The Morgan fingerprint density at radius 2 is 2.39 bits per heavy atom. The highest BCUT2D eigenvalue weighted by Gasteiger charge is 2.13. The monoisotopic (exact) mass is 283 g/mol. The van der Waals surface area contributed by atoms with E-state index in [-0.39, 0.29) is 18.6 Å². The maximum Gasteiger partial charge on any atom is 0.261 e. The Bertz CT molecular complexity index is 471. The van der Waals surface area contributed by atoms with Crippen molar-refractivity contribution < 1.29 is 9.90 Å². The first-order valence-electron chi connectivity index (χ1n) is 5.58. The van der Waals surface area contributed by atoms with Gasteiger partial charge in [-0.1, -0.05) is 11.8 Å². The molecule has 0 fully saturated rings. The van der Waals surface area contributed by atoms with Crippen molar-refractivity contribution in [2.45, 2.75) is 19.9 Å². The molecule has 0 saturated carbocycles. The SMILES string of the molecule is CSCC(C)NC(=O)c1cc(C)c(C#CCO)s1. The van der Waals surface area contributed by atoms with E-state index < -0.39 is 0 Å². The number of carbonyl (C=O) groups excluding carboxylic acids is 1. The fourth-order valence-corrected chi connectivity index (χ4v) is 2.96. The van der Waals surface area contributed by atoms with Gasteiger partial charge in [-0.2, -0.15) is 11.8 Å². The zero-order valence-corrected chi connectivity index (χ0v) is 12.4. The van der Waals surface area contributed by atoms with Crippen LogP contribution in [0.1, 0.15) is 27.0 Å². The largest absolute Gasteiger partial charge is 0.384 e. The molecule has 0 aliphatic carbocycles. The van der Waals surface area contributed by atoms with Crippen molar-refractivity contribution >= 4 is 29.0 Å². The van der Waals surface area contributed by atoms with Crippen LogP contribution in [0.2, 0.25) is 0 Å². The molecule has 1 atom stereocenters. The summed E-state index contributed by atoms with van der Waals surface area (Å²) in [7, 11) is 0. The third-order valence-corrected chi connectivity index (χ3v) is 4.20. The van der Waals surface area contributed by atoms with E-state index in [1.54, 1.807) is 11.8 Å². The lowest BCUT2D eigenvalue weighted by atomic mass is 10.2. The number of nitrogens with one attached hydrogen (secondary N) is 1. The van der Waals surface area contributed by atoms with Crippen LogP contribution in [-0.2, 0) is 0 Å². The van der Waals surface area contributed by atoms with E-state index in [4.69, 9.17) is 5.11 Å². The molecule has 0 spiro atoms. The molecule has 0 aromatic carbocycles. The van der Waals surface area contributed by atoms with Gasteiger partial charge >= 0.3 is 0 Å². The van der Waals surface area contributed by atoms with Crippen molar-refractivity contribution in [1.82, 2.24) is 5.32 Å². The van der Waals surface area contributed by atoms with Gasteiger partial charge in [0.1, 0.15) is 6.61 Å². The summed E-state index contributed by atoms with van der Waals surface area (Å²) in [5.41, 5.74) is 0.976. The molecule has 0 aliphatic rings. The molecule has 1 heterocycles. The van der Waals surface area contributed by atoms with Crippen LogP contribution in [0, 0.1) is 18.8 Å². The predicted molar refractivity (Wildman–Crippen MR) is 78.3 cm³/mol. The molecule has 2 N–H and O–H groups in total. The van der Waals surface area contributed by atoms with E-state index in [1.165, 1.54) is 11.3 Å². The molecule has 3 nitrogen and oxygen atoms in total. The molecule has 5 heteroatoms. The van der Waals surface area contributed by atoms with Gasteiger partial charge < -0.3 is 10.4 Å². The summed E-state index contributed by atoms with van der Waals surface area (Å²) in [6.07, 6.45) is 2.01. The van der Waals surface area contributed by atoms with Crippen molar-refractivity contribution in [2.24, 2.45) is 0 Å². The average Bonchev–Trinajstić information content (AvgIpc) is 2.68. The fourth-order valence-electron chi connectivity index (χ4n) is 1.42. The van der Waals surface area contributed by atoms with E-state index in [2.05, 4.69) is 17.2 Å². The molecule has 1 unspecified atom stereocenters. The van der Waals surface area contributed by atoms with Crippen molar-refractivity contribution in [3.05, 3.63) is 21.4 Å². The molecular weight excluding hydrogens is 266 g/mol. The van der Waals surface area contributed by atoms with E-state index in [9.17, 15) is 4.79 Å². The van der Waals surface area contributed by atoms with Gasteiger partial charge in [0.2, 0.25) is 0 Å². The molecule has 1 rings (SSSR count). The van der Waals surface area contributed by atoms with E-state index >= 15 is 0 Å². The van der Waals surface area contributed by atoms with Gasteiger partial charge in [-0.05, 0) is 31.7 Å². The molecule has 98 valence electrons. The molecular formula is C13H17NO2S2. The Morgan fingerprint density at radius 1 is 1.67 bits per heavy atom. The lowest BCUT2D eigenvalue weighted by Gasteiger charge is -2.10. The van der Waals surface area contributed by atoms with E-state index in [0.717, 1.165) is 16.2 Å². The minimum Gasteiger partial charge on any atom is -0.384 e. The Morgan fingerprint density at radius 3 is 3.00 bits per heavy atom. The molecule has 0 aliphatic heterocycles. The molecule has 18 heavy (non-hydrogen) atoms. The summed E-state index contributed by atoms with van der Waals surface area (Å²) >= 11 is 3.07. The lowest BCUT2D eigenvalue weighted by molar-refractivity contribution is 0.0948. The quantitative estimate of drug-likeness (QED) is 0.830.